The van der Waals surface area contributed by atoms with E-state index in [0.717, 1.165) is 18.2 Å². The molecule has 3 rings (SSSR count). The van der Waals surface area contributed by atoms with E-state index in [0.29, 0.717) is 5.11 Å². The molecule has 138 valence electrons. The Morgan fingerprint density at radius 1 is 1.19 bits per heavy atom. The molecular weight excluding hydrogens is 338 g/mol. The van der Waals surface area contributed by atoms with E-state index >= 15 is 0 Å². The van der Waals surface area contributed by atoms with Gasteiger partial charge in [-0.3, -0.25) is 0 Å². The molecule has 0 saturated carbocycles. The molecule has 1 fully saturated rings. The van der Waals surface area contributed by atoms with Gasteiger partial charge in [-0.25, -0.2) is 0 Å². The summed E-state index contributed by atoms with van der Waals surface area (Å²) < 4.78 is 0. The Labute approximate surface area is 162 Å². The number of piperidine rings is 1. The minimum absolute atomic E-state index is 0.161. The maximum atomic E-state index is 5.47. The molecule has 2 aromatic rings. The van der Waals surface area contributed by atoms with E-state index in [1.165, 1.54) is 36.2 Å². The van der Waals surface area contributed by atoms with Crippen molar-refractivity contribution in [3.63, 3.8) is 0 Å². The summed E-state index contributed by atoms with van der Waals surface area (Å²) in [7, 11) is 0. The molecule has 2 atom stereocenters. The molecule has 0 aliphatic carbocycles. The third-order valence-corrected chi connectivity index (χ3v) is 5.26. The van der Waals surface area contributed by atoms with Crippen molar-refractivity contribution in [3.05, 3.63) is 59.7 Å². The number of hydrogen-bond acceptors (Lipinski definition) is 2. The van der Waals surface area contributed by atoms with E-state index in [-0.39, 0.29) is 6.04 Å². The van der Waals surface area contributed by atoms with Gasteiger partial charge < -0.3 is 15.5 Å². The topological polar surface area (TPSA) is 27.3 Å². The largest absolute Gasteiger partial charge is 0.371 e. The van der Waals surface area contributed by atoms with Gasteiger partial charge in [-0.05, 0) is 80.2 Å². The summed E-state index contributed by atoms with van der Waals surface area (Å²) in [6.07, 6.45) is 2.64. The molecule has 1 saturated heterocycles. The van der Waals surface area contributed by atoms with Gasteiger partial charge in [-0.1, -0.05) is 31.2 Å². The van der Waals surface area contributed by atoms with Crippen LogP contribution < -0.4 is 15.5 Å². The van der Waals surface area contributed by atoms with E-state index in [4.69, 9.17) is 12.2 Å². The zero-order valence-electron chi connectivity index (χ0n) is 16.0. The number of thiocarbonyl (C=S) groups is 1. The van der Waals surface area contributed by atoms with Gasteiger partial charge in [0.05, 0.1) is 6.04 Å². The second-order valence-corrected chi connectivity index (χ2v) is 7.88. The highest BCUT2D eigenvalue weighted by Crippen LogP contribution is 2.24. The van der Waals surface area contributed by atoms with E-state index in [2.05, 4.69) is 72.7 Å². The van der Waals surface area contributed by atoms with Crippen LogP contribution in [0.1, 0.15) is 43.9 Å². The highest BCUT2D eigenvalue weighted by molar-refractivity contribution is 7.80. The minimum Gasteiger partial charge on any atom is -0.371 e. The Morgan fingerprint density at radius 2 is 1.96 bits per heavy atom. The summed E-state index contributed by atoms with van der Waals surface area (Å²) in [5.74, 6) is 0.786. The van der Waals surface area contributed by atoms with Crippen molar-refractivity contribution in [2.24, 2.45) is 5.92 Å². The van der Waals surface area contributed by atoms with Gasteiger partial charge in [-0.15, -0.1) is 0 Å². The molecule has 2 aromatic carbocycles. The van der Waals surface area contributed by atoms with Gasteiger partial charge in [0.2, 0.25) is 0 Å². The predicted molar refractivity (Wildman–Crippen MR) is 116 cm³/mol. The zero-order chi connectivity index (χ0) is 18.5. The van der Waals surface area contributed by atoms with Crippen LogP contribution >= 0.6 is 12.2 Å². The maximum Gasteiger partial charge on any atom is 0.171 e. The summed E-state index contributed by atoms with van der Waals surface area (Å²) in [5, 5.41) is 7.29. The molecule has 0 spiro atoms. The molecule has 0 radical (unpaired) electrons. The van der Waals surface area contributed by atoms with Crippen LogP contribution in [0, 0.1) is 12.8 Å². The Bertz CT molecular complexity index is 741. The number of anilines is 2. The Hall–Kier alpha value is -2.07. The lowest BCUT2D eigenvalue weighted by atomic mass is 9.99. The molecule has 26 heavy (non-hydrogen) atoms. The number of hydrogen-bond donors (Lipinski definition) is 2. The number of nitrogens with one attached hydrogen (secondary N) is 2. The lowest BCUT2D eigenvalue weighted by Gasteiger charge is -2.33. The third kappa shape index (κ3) is 4.98. The molecule has 1 aliphatic heterocycles. The molecule has 0 bridgehead atoms. The second-order valence-electron chi connectivity index (χ2n) is 7.47. The predicted octanol–water partition coefficient (Wildman–Crippen LogP) is 5.28. The normalized spacial score (nSPS) is 18.3. The average Bonchev–Trinajstić information content (AvgIpc) is 2.61. The quantitative estimate of drug-likeness (QED) is 0.719. The molecule has 1 aliphatic rings. The van der Waals surface area contributed by atoms with E-state index < -0.39 is 0 Å². The van der Waals surface area contributed by atoms with Gasteiger partial charge in [0.25, 0.3) is 0 Å². The van der Waals surface area contributed by atoms with Crippen LogP contribution in [0.5, 0.6) is 0 Å². The number of rotatable bonds is 4. The van der Waals surface area contributed by atoms with Crippen LogP contribution in [-0.4, -0.2) is 18.2 Å². The monoisotopic (exact) mass is 367 g/mol. The van der Waals surface area contributed by atoms with Crippen LogP contribution in [0.4, 0.5) is 11.4 Å². The molecule has 4 heteroatoms. The number of aryl methyl sites for hydroxylation is 1. The van der Waals surface area contributed by atoms with E-state index in [1.54, 1.807) is 0 Å². The highest BCUT2D eigenvalue weighted by Gasteiger charge is 2.17. The summed E-state index contributed by atoms with van der Waals surface area (Å²) >= 11 is 5.47. The number of benzene rings is 2. The molecule has 1 heterocycles. The molecule has 2 N–H and O–H groups in total. The first kappa shape index (κ1) is 18.7. The Balaban J connectivity index is 1.57. The van der Waals surface area contributed by atoms with Crippen molar-refractivity contribution in [2.45, 2.75) is 39.7 Å². The smallest absolute Gasteiger partial charge is 0.171 e. The van der Waals surface area contributed by atoms with Crippen LogP contribution in [0.15, 0.2) is 48.5 Å². The third-order valence-electron chi connectivity index (χ3n) is 5.04. The fourth-order valence-corrected chi connectivity index (χ4v) is 3.86. The first-order valence-electron chi connectivity index (χ1n) is 9.50. The summed E-state index contributed by atoms with van der Waals surface area (Å²) in [4.78, 5) is 2.50. The van der Waals surface area contributed by atoms with Gasteiger partial charge >= 0.3 is 0 Å². The summed E-state index contributed by atoms with van der Waals surface area (Å²) in [6, 6.07) is 17.3. The lowest BCUT2D eigenvalue weighted by Crippen LogP contribution is -2.34. The fraction of sp³-hybridized carbons (Fsp3) is 0.409. The molecular formula is C22H29N3S. The van der Waals surface area contributed by atoms with Crippen LogP contribution in [0.2, 0.25) is 0 Å². The van der Waals surface area contributed by atoms with Gasteiger partial charge in [-0.2, -0.15) is 0 Å². The lowest BCUT2D eigenvalue weighted by molar-refractivity contribution is 0.447. The molecule has 0 unspecified atom stereocenters. The maximum absolute atomic E-state index is 5.47. The summed E-state index contributed by atoms with van der Waals surface area (Å²) in [5.41, 5.74) is 4.80. The van der Waals surface area contributed by atoms with Crippen molar-refractivity contribution in [2.75, 3.05) is 23.3 Å². The van der Waals surface area contributed by atoms with Crippen molar-refractivity contribution in [1.82, 2.24) is 5.32 Å². The van der Waals surface area contributed by atoms with Crippen molar-refractivity contribution in [3.8, 4) is 0 Å². The second kappa shape index (κ2) is 8.54. The molecule has 0 amide bonds. The van der Waals surface area contributed by atoms with Gasteiger partial charge in [0.1, 0.15) is 0 Å². The minimum atomic E-state index is 0.161. The first-order chi connectivity index (χ1) is 12.5. The zero-order valence-corrected chi connectivity index (χ0v) is 16.8. The molecule has 3 nitrogen and oxygen atoms in total. The van der Waals surface area contributed by atoms with E-state index in [9.17, 15) is 0 Å². The first-order valence-corrected chi connectivity index (χ1v) is 9.91. The van der Waals surface area contributed by atoms with Crippen LogP contribution in [-0.2, 0) is 0 Å². The van der Waals surface area contributed by atoms with E-state index in [1.807, 2.05) is 12.1 Å². The standard InChI is InChI=1S/C22H29N3S/c1-16-6-4-8-20(14-16)24-22(26)23-18(3)19-9-11-21(12-10-19)25-13-5-7-17(2)15-25/h4,6,8-12,14,17-18H,5,7,13,15H2,1-3H3,(H2,23,24,26)/t17-,18-/m1/s1. The van der Waals surface area contributed by atoms with Gasteiger partial charge in [0, 0.05) is 24.5 Å². The van der Waals surface area contributed by atoms with Crippen LogP contribution in [0.3, 0.4) is 0 Å². The van der Waals surface area contributed by atoms with Crippen molar-refractivity contribution >= 4 is 28.7 Å². The Kier molecular flexibility index (Phi) is 6.15. The van der Waals surface area contributed by atoms with Crippen molar-refractivity contribution in [1.29, 1.82) is 0 Å². The Morgan fingerprint density at radius 3 is 2.65 bits per heavy atom. The average molecular weight is 368 g/mol. The molecule has 0 aromatic heterocycles. The SMILES string of the molecule is Cc1cccc(NC(=S)N[C@H](C)c2ccc(N3CCC[C@@H](C)C3)cc2)c1. The fourth-order valence-electron chi connectivity index (χ4n) is 3.57. The highest BCUT2D eigenvalue weighted by atomic mass is 32.1. The van der Waals surface area contributed by atoms with Gasteiger partial charge in [0.15, 0.2) is 5.11 Å². The number of nitrogens with zero attached hydrogens (tertiary/aromatic N) is 1. The summed E-state index contributed by atoms with van der Waals surface area (Å²) in [6.45, 7) is 8.89. The van der Waals surface area contributed by atoms with Crippen molar-refractivity contribution < 1.29 is 0 Å². The van der Waals surface area contributed by atoms with Crippen LogP contribution in [0.25, 0.3) is 0 Å².